The number of rotatable bonds is 4. The zero-order valence-corrected chi connectivity index (χ0v) is 14.3. The van der Waals surface area contributed by atoms with Crippen molar-refractivity contribution in [3.05, 3.63) is 81.5 Å². The van der Waals surface area contributed by atoms with Gasteiger partial charge in [0.15, 0.2) is 0 Å². The summed E-state index contributed by atoms with van der Waals surface area (Å²) in [7, 11) is 0. The predicted octanol–water partition coefficient (Wildman–Crippen LogP) is 4.46. The summed E-state index contributed by atoms with van der Waals surface area (Å²) in [4.78, 5) is 27.3. The lowest BCUT2D eigenvalue weighted by atomic mass is 10.1. The molecule has 26 heavy (non-hydrogen) atoms. The number of carbonyl (C=O) groups is 1. The summed E-state index contributed by atoms with van der Waals surface area (Å²) in [6.45, 7) is 3.58. The van der Waals surface area contributed by atoms with Crippen molar-refractivity contribution in [3.63, 3.8) is 0 Å². The van der Waals surface area contributed by atoms with E-state index < -0.39 is 10.9 Å². The second-order valence-electron chi connectivity index (χ2n) is 5.87. The first-order valence-corrected chi connectivity index (χ1v) is 7.95. The molecule has 2 aromatic carbocycles. The molecule has 6 nitrogen and oxygen atoms in total. The molecule has 3 rings (SSSR count). The van der Waals surface area contributed by atoms with E-state index in [0.29, 0.717) is 11.0 Å². The Balaban J connectivity index is 1.97. The van der Waals surface area contributed by atoms with E-state index in [9.17, 15) is 14.9 Å². The summed E-state index contributed by atoms with van der Waals surface area (Å²) in [5.74, 6) is -0.804. The third-order valence-electron chi connectivity index (χ3n) is 3.88. The summed E-state index contributed by atoms with van der Waals surface area (Å²) < 4.78 is 5.37. The Labute approximate surface area is 149 Å². The molecule has 0 aliphatic carbocycles. The molecule has 0 spiro atoms. The van der Waals surface area contributed by atoms with Gasteiger partial charge >= 0.3 is 11.7 Å². The molecule has 6 heteroatoms. The molecule has 3 aromatic rings. The number of nitro groups is 1. The number of pyridine rings is 1. The van der Waals surface area contributed by atoms with Crippen molar-refractivity contribution in [2.45, 2.75) is 13.8 Å². The minimum Gasteiger partial charge on any atom is -0.413 e. The van der Waals surface area contributed by atoms with Gasteiger partial charge in [0.2, 0.25) is 5.75 Å². The number of aromatic nitrogens is 1. The van der Waals surface area contributed by atoms with Crippen LogP contribution in [-0.4, -0.2) is 15.9 Å². The molecule has 1 heterocycles. The second-order valence-corrected chi connectivity index (χ2v) is 5.87. The highest BCUT2D eigenvalue weighted by Crippen LogP contribution is 2.34. The maximum absolute atomic E-state index is 12.5. The van der Waals surface area contributed by atoms with Gasteiger partial charge in [0.1, 0.15) is 5.52 Å². The van der Waals surface area contributed by atoms with Crippen LogP contribution in [0.3, 0.4) is 0 Å². The molecular weight excluding hydrogens is 332 g/mol. The van der Waals surface area contributed by atoms with Crippen LogP contribution in [0.5, 0.6) is 5.75 Å². The number of hydrogen-bond donors (Lipinski definition) is 0. The largest absolute Gasteiger partial charge is 0.413 e. The molecule has 1 aromatic heterocycles. The summed E-state index contributed by atoms with van der Waals surface area (Å²) in [5, 5.41) is 12.0. The van der Waals surface area contributed by atoms with E-state index in [1.165, 1.54) is 12.3 Å². The van der Waals surface area contributed by atoms with Gasteiger partial charge in [0.25, 0.3) is 0 Å². The van der Waals surface area contributed by atoms with Crippen LogP contribution in [0.25, 0.3) is 17.0 Å². The van der Waals surface area contributed by atoms with Gasteiger partial charge in [-0.25, -0.2) is 4.79 Å². The average molecular weight is 348 g/mol. The highest BCUT2D eigenvalue weighted by atomic mass is 16.6. The first kappa shape index (κ1) is 17.3. The molecule has 0 atom stereocenters. The molecule has 0 amide bonds. The summed E-state index contributed by atoms with van der Waals surface area (Å²) >= 11 is 0. The highest BCUT2D eigenvalue weighted by Gasteiger charge is 2.22. The first-order chi connectivity index (χ1) is 12.5. The van der Waals surface area contributed by atoms with E-state index >= 15 is 0 Å². The number of esters is 1. The molecule has 130 valence electrons. The zero-order chi connectivity index (χ0) is 18.7. The van der Waals surface area contributed by atoms with Gasteiger partial charge in [-0.2, -0.15) is 0 Å². The fourth-order valence-electron chi connectivity index (χ4n) is 2.50. The van der Waals surface area contributed by atoms with Crippen LogP contribution in [0.4, 0.5) is 5.69 Å². The van der Waals surface area contributed by atoms with Crippen molar-refractivity contribution in [3.8, 4) is 5.75 Å². The number of nitrogens with zero attached hydrogens (tertiary/aromatic N) is 2. The average Bonchev–Trinajstić information content (AvgIpc) is 2.63. The van der Waals surface area contributed by atoms with Crippen LogP contribution < -0.4 is 4.74 Å². The lowest BCUT2D eigenvalue weighted by Crippen LogP contribution is -2.11. The fraction of sp³-hybridized carbons (Fsp3) is 0.100. The van der Waals surface area contributed by atoms with E-state index in [1.807, 2.05) is 31.2 Å². The third-order valence-corrected chi connectivity index (χ3v) is 3.88. The van der Waals surface area contributed by atoms with Gasteiger partial charge in [0, 0.05) is 23.2 Å². The fourth-order valence-corrected chi connectivity index (χ4v) is 2.50. The normalized spacial score (nSPS) is 11.4. The van der Waals surface area contributed by atoms with Crippen molar-refractivity contribution >= 4 is 28.6 Å². The van der Waals surface area contributed by atoms with Crippen LogP contribution in [0.15, 0.2) is 60.3 Å². The molecule has 0 saturated carbocycles. The lowest BCUT2D eigenvalue weighted by Gasteiger charge is -2.08. The maximum atomic E-state index is 12.5. The van der Waals surface area contributed by atoms with E-state index in [-0.39, 0.29) is 17.0 Å². The van der Waals surface area contributed by atoms with Crippen molar-refractivity contribution in [2.75, 3.05) is 0 Å². The second kappa shape index (κ2) is 7.14. The SMILES string of the molecule is C/C(=C\c1ccc(C)cc1)C(=O)Oc1c([N+](=O)[O-])ccc2cccnc12. The van der Waals surface area contributed by atoms with Crippen molar-refractivity contribution in [2.24, 2.45) is 0 Å². The van der Waals surface area contributed by atoms with Crippen LogP contribution in [-0.2, 0) is 4.79 Å². The molecule has 0 saturated heterocycles. The Morgan fingerprint density at radius 2 is 1.88 bits per heavy atom. The van der Waals surface area contributed by atoms with Crippen LogP contribution in [0.1, 0.15) is 18.1 Å². The summed E-state index contributed by atoms with van der Waals surface area (Å²) in [5.41, 5.74) is 2.26. The van der Waals surface area contributed by atoms with Gasteiger partial charge in [-0.3, -0.25) is 15.1 Å². The molecule has 0 N–H and O–H groups in total. The number of ether oxygens (including phenoxy) is 1. The number of hydrogen-bond acceptors (Lipinski definition) is 5. The standard InChI is InChI=1S/C20H16N2O4/c1-13-5-7-15(8-6-13)12-14(2)20(23)26-19-17(22(24)25)10-9-16-4-3-11-21-18(16)19/h3-12H,1-2H3/b14-12+. The molecule has 0 unspecified atom stereocenters. The monoisotopic (exact) mass is 348 g/mol. The topological polar surface area (TPSA) is 82.3 Å². The van der Waals surface area contributed by atoms with Gasteiger partial charge in [-0.15, -0.1) is 0 Å². The predicted molar refractivity (Wildman–Crippen MR) is 98.9 cm³/mol. The number of benzene rings is 2. The molecule has 0 fully saturated rings. The number of carbonyl (C=O) groups excluding carboxylic acids is 1. The summed E-state index contributed by atoms with van der Waals surface area (Å²) in [6, 6.07) is 14.0. The molecule has 0 radical (unpaired) electrons. The Morgan fingerprint density at radius 1 is 1.15 bits per heavy atom. The van der Waals surface area contributed by atoms with Crippen molar-refractivity contribution < 1.29 is 14.5 Å². The van der Waals surface area contributed by atoms with Gasteiger partial charge < -0.3 is 4.74 Å². The quantitative estimate of drug-likeness (QED) is 0.228. The van der Waals surface area contributed by atoms with E-state index in [0.717, 1.165) is 11.1 Å². The van der Waals surface area contributed by atoms with E-state index in [1.54, 1.807) is 31.2 Å². The number of fused-ring (bicyclic) bond motifs is 1. The minimum absolute atomic E-state index is 0.144. The van der Waals surface area contributed by atoms with Crippen LogP contribution >= 0.6 is 0 Å². The molecule has 0 aliphatic heterocycles. The smallest absolute Gasteiger partial charge is 0.339 e. The number of nitro benzene ring substituents is 1. The van der Waals surface area contributed by atoms with Crippen LogP contribution in [0.2, 0.25) is 0 Å². The summed E-state index contributed by atoms with van der Waals surface area (Å²) in [6.07, 6.45) is 3.17. The molecular formula is C20H16N2O4. The van der Waals surface area contributed by atoms with Crippen LogP contribution in [0, 0.1) is 17.0 Å². The zero-order valence-electron chi connectivity index (χ0n) is 14.3. The Bertz CT molecular complexity index is 1020. The van der Waals surface area contributed by atoms with Gasteiger partial charge in [0.05, 0.1) is 4.92 Å². The third kappa shape index (κ3) is 3.59. The highest BCUT2D eigenvalue weighted by molar-refractivity contribution is 5.98. The van der Waals surface area contributed by atoms with Crippen molar-refractivity contribution in [1.29, 1.82) is 0 Å². The Morgan fingerprint density at radius 3 is 2.58 bits per heavy atom. The number of aryl methyl sites for hydroxylation is 1. The molecule has 0 bridgehead atoms. The van der Waals surface area contributed by atoms with Crippen molar-refractivity contribution in [1.82, 2.24) is 4.98 Å². The Hall–Kier alpha value is -3.54. The molecule has 0 aliphatic rings. The Kier molecular flexibility index (Phi) is 4.75. The maximum Gasteiger partial charge on any atom is 0.339 e. The van der Waals surface area contributed by atoms with E-state index in [2.05, 4.69) is 4.98 Å². The van der Waals surface area contributed by atoms with Gasteiger partial charge in [-0.1, -0.05) is 35.9 Å². The first-order valence-electron chi connectivity index (χ1n) is 7.95. The minimum atomic E-state index is -0.660. The van der Waals surface area contributed by atoms with Gasteiger partial charge in [-0.05, 0) is 37.6 Å². The lowest BCUT2D eigenvalue weighted by molar-refractivity contribution is -0.385. The van der Waals surface area contributed by atoms with E-state index in [4.69, 9.17) is 4.74 Å².